The highest BCUT2D eigenvalue weighted by molar-refractivity contribution is 5.36. The fourth-order valence-corrected chi connectivity index (χ4v) is 6.49. The van der Waals surface area contributed by atoms with Crippen molar-refractivity contribution in [3.8, 4) is 5.75 Å². The van der Waals surface area contributed by atoms with E-state index >= 15 is 0 Å². The summed E-state index contributed by atoms with van der Waals surface area (Å²) in [5.41, 5.74) is 1.45. The maximum atomic E-state index is 14.7. The fraction of sp³-hybridized carbons (Fsp3) is 0.652. The number of rotatable bonds is 5. The van der Waals surface area contributed by atoms with E-state index in [1.165, 1.54) is 44.1 Å². The van der Waals surface area contributed by atoms with Crippen molar-refractivity contribution < 1.29 is 13.9 Å². The smallest absolute Gasteiger partial charge is 0.165 e. The van der Waals surface area contributed by atoms with Gasteiger partial charge < -0.3 is 9.47 Å². The highest BCUT2D eigenvalue weighted by Gasteiger charge is 2.51. The van der Waals surface area contributed by atoms with Crippen LogP contribution in [0.25, 0.3) is 0 Å². The Morgan fingerprint density at radius 2 is 1.74 bits per heavy atom. The van der Waals surface area contributed by atoms with E-state index in [4.69, 9.17) is 9.47 Å². The lowest BCUT2D eigenvalue weighted by molar-refractivity contribution is -0.00533. The van der Waals surface area contributed by atoms with Gasteiger partial charge in [-0.1, -0.05) is 6.07 Å². The molecule has 0 N–H and O–H groups in total. The third kappa shape index (κ3) is 3.54. The van der Waals surface area contributed by atoms with Gasteiger partial charge in [-0.3, -0.25) is 4.90 Å². The van der Waals surface area contributed by atoms with Gasteiger partial charge in [0.15, 0.2) is 11.6 Å². The van der Waals surface area contributed by atoms with Gasteiger partial charge in [0.2, 0.25) is 0 Å². The Balaban J connectivity index is 1.24. The van der Waals surface area contributed by atoms with Gasteiger partial charge in [0.05, 0.1) is 19.5 Å². The molecule has 4 heteroatoms. The molecule has 5 aliphatic rings. The number of halogens is 1. The molecule has 0 spiro atoms. The lowest BCUT2D eigenvalue weighted by Crippen LogP contribution is -2.48. The molecule has 5 fully saturated rings. The summed E-state index contributed by atoms with van der Waals surface area (Å²) in [7, 11) is 0. The minimum Gasteiger partial charge on any atom is -0.462 e. The van der Waals surface area contributed by atoms with Crippen molar-refractivity contribution in [2.75, 3.05) is 32.8 Å². The van der Waals surface area contributed by atoms with Crippen LogP contribution in [0.3, 0.4) is 0 Å². The van der Waals surface area contributed by atoms with Gasteiger partial charge in [0.25, 0.3) is 0 Å². The lowest BCUT2D eigenvalue weighted by Gasteiger charge is -2.57. The molecule has 6 rings (SSSR count). The van der Waals surface area contributed by atoms with E-state index < -0.39 is 0 Å². The normalized spacial score (nSPS) is 35.8. The van der Waals surface area contributed by atoms with Crippen LogP contribution in [-0.4, -0.2) is 37.7 Å². The Morgan fingerprint density at radius 3 is 2.37 bits per heavy atom. The van der Waals surface area contributed by atoms with Crippen LogP contribution in [-0.2, 0) is 10.2 Å². The predicted octanol–water partition coefficient (Wildman–Crippen LogP) is 4.52. The lowest BCUT2D eigenvalue weighted by atomic mass is 9.48. The standard InChI is InChI=1S/C23H30FNO2/c24-21-13-20(23-14-17-10-18(15-23)12-19(11-17)16-23)2-3-22(21)27-7-1-4-25-5-8-26-9-6-25/h1-3,7,13,17-19H,4-6,8-12,14-16H2/b7-1+. The van der Waals surface area contributed by atoms with Crippen molar-refractivity contribution in [1.82, 2.24) is 4.90 Å². The predicted molar refractivity (Wildman–Crippen MR) is 103 cm³/mol. The van der Waals surface area contributed by atoms with Crippen LogP contribution in [0.2, 0.25) is 0 Å². The fourth-order valence-electron chi connectivity index (χ4n) is 6.49. The topological polar surface area (TPSA) is 21.7 Å². The van der Waals surface area contributed by atoms with Gasteiger partial charge >= 0.3 is 0 Å². The minimum absolute atomic E-state index is 0.223. The molecule has 4 aliphatic carbocycles. The van der Waals surface area contributed by atoms with Crippen molar-refractivity contribution in [2.24, 2.45) is 17.8 Å². The molecule has 0 amide bonds. The van der Waals surface area contributed by atoms with Crippen LogP contribution in [0.15, 0.2) is 30.5 Å². The van der Waals surface area contributed by atoms with Crippen molar-refractivity contribution in [2.45, 2.75) is 43.9 Å². The summed E-state index contributed by atoms with van der Waals surface area (Å²) in [6.45, 7) is 4.28. The molecule has 4 saturated carbocycles. The van der Waals surface area contributed by atoms with Crippen LogP contribution < -0.4 is 4.74 Å². The first-order chi connectivity index (χ1) is 13.2. The summed E-state index contributed by atoms with van der Waals surface area (Å²) in [6.07, 6.45) is 11.6. The molecular formula is C23H30FNO2. The molecule has 0 unspecified atom stereocenters. The highest BCUT2D eigenvalue weighted by Crippen LogP contribution is 2.60. The zero-order valence-corrected chi connectivity index (χ0v) is 16.0. The quantitative estimate of drug-likeness (QED) is 0.711. The second-order valence-electron chi connectivity index (χ2n) is 9.25. The monoisotopic (exact) mass is 371 g/mol. The number of ether oxygens (including phenoxy) is 2. The summed E-state index contributed by atoms with van der Waals surface area (Å²) in [4.78, 5) is 2.30. The Morgan fingerprint density at radius 1 is 1.07 bits per heavy atom. The molecular weight excluding hydrogens is 341 g/mol. The van der Waals surface area contributed by atoms with Crippen LogP contribution >= 0.6 is 0 Å². The van der Waals surface area contributed by atoms with Gasteiger partial charge in [-0.2, -0.15) is 0 Å². The second kappa shape index (κ2) is 7.21. The molecule has 0 atom stereocenters. The number of morpholine rings is 1. The van der Waals surface area contributed by atoms with E-state index in [0.717, 1.165) is 50.6 Å². The molecule has 1 aliphatic heterocycles. The molecule has 0 aromatic heterocycles. The highest BCUT2D eigenvalue weighted by atomic mass is 19.1. The zero-order chi connectivity index (χ0) is 18.3. The van der Waals surface area contributed by atoms with Crippen LogP contribution in [0.1, 0.15) is 44.1 Å². The summed E-state index contributed by atoms with van der Waals surface area (Å²) in [5.74, 6) is 2.73. The van der Waals surface area contributed by atoms with Gasteiger partial charge in [0.1, 0.15) is 0 Å². The molecule has 1 aromatic rings. The maximum Gasteiger partial charge on any atom is 0.165 e. The zero-order valence-electron chi connectivity index (χ0n) is 16.0. The minimum atomic E-state index is -0.223. The molecule has 1 saturated heterocycles. The molecule has 0 radical (unpaired) electrons. The second-order valence-corrected chi connectivity index (χ2v) is 9.25. The summed E-state index contributed by atoms with van der Waals surface area (Å²) >= 11 is 0. The third-order valence-electron chi connectivity index (χ3n) is 7.34. The van der Waals surface area contributed by atoms with Crippen LogP contribution in [0, 0.1) is 23.6 Å². The van der Waals surface area contributed by atoms with Crippen LogP contribution in [0.4, 0.5) is 4.39 Å². The molecule has 146 valence electrons. The maximum absolute atomic E-state index is 14.7. The van der Waals surface area contributed by atoms with E-state index in [9.17, 15) is 4.39 Å². The number of benzene rings is 1. The number of nitrogens with zero attached hydrogens (tertiary/aromatic N) is 1. The van der Waals surface area contributed by atoms with Crippen molar-refractivity contribution in [3.05, 3.63) is 41.9 Å². The average Bonchev–Trinajstić information content (AvgIpc) is 2.66. The third-order valence-corrected chi connectivity index (χ3v) is 7.34. The average molecular weight is 371 g/mol. The Hall–Kier alpha value is -1.39. The Kier molecular flexibility index (Phi) is 4.73. The van der Waals surface area contributed by atoms with E-state index in [0.29, 0.717) is 5.75 Å². The van der Waals surface area contributed by atoms with E-state index in [1.54, 1.807) is 12.3 Å². The first kappa shape index (κ1) is 17.7. The molecule has 3 nitrogen and oxygen atoms in total. The summed E-state index contributed by atoms with van der Waals surface area (Å²) in [5, 5.41) is 0. The molecule has 27 heavy (non-hydrogen) atoms. The number of hydrogen-bond acceptors (Lipinski definition) is 3. The van der Waals surface area contributed by atoms with Crippen molar-refractivity contribution >= 4 is 0 Å². The molecule has 1 heterocycles. The summed E-state index contributed by atoms with van der Waals surface area (Å²) in [6, 6.07) is 5.72. The van der Waals surface area contributed by atoms with Gasteiger partial charge in [-0.15, -0.1) is 0 Å². The Labute approximate surface area is 161 Å². The molecule has 1 aromatic carbocycles. The first-order valence-electron chi connectivity index (χ1n) is 10.6. The van der Waals surface area contributed by atoms with E-state index in [-0.39, 0.29) is 11.2 Å². The van der Waals surface area contributed by atoms with E-state index in [1.807, 2.05) is 12.1 Å². The first-order valence-corrected chi connectivity index (χ1v) is 10.6. The Bertz CT molecular complexity index is 675. The van der Waals surface area contributed by atoms with Gasteiger partial charge in [-0.05, 0) is 85.5 Å². The van der Waals surface area contributed by atoms with Crippen LogP contribution in [0.5, 0.6) is 5.75 Å². The van der Waals surface area contributed by atoms with Gasteiger partial charge in [0, 0.05) is 19.6 Å². The molecule has 4 bridgehead atoms. The van der Waals surface area contributed by atoms with Crippen molar-refractivity contribution in [3.63, 3.8) is 0 Å². The van der Waals surface area contributed by atoms with Gasteiger partial charge in [-0.25, -0.2) is 4.39 Å². The van der Waals surface area contributed by atoms with Crippen molar-refractivity contribution in [1.29, 1.82) is 0 Å². The SMILES string of the molecule is Fc1cc(C23CC4CC(CC(C4)C2)C3)ccc1O/C=C/CN1CCOCC1. The summed E-state index contributed by atoms with van der Waals surface area (Å²) < 4.78 is 25.7. The number of hydrogen-bond donors (Lipinski definition) is 0. The van der Waals surface area contributed by atoms with E-state index in [2.05, 4.69) is 11.0 Å². The largest absolute Gasteiger partial charge is 0.462 e.